The zero-order chi connectivity index (χ0) is 12.9. The van der Waals surface area contributed by atoms with Gasteiger partial charge in [-0.3, -0.25) is 0 Å². The Morgan fingerprint density at radius 3 is 2.89 bits per heavy atom. The third-order valence-corrected chi connectivity index (χ3v) is 4.39. The van der Waals surface area contributed by atoms with Crippen LogP contribution in [0, 0.1) is 0 Å². The van der Waals surface area contributed by atoms with Crippen LogP contribution in [-0.2, 0) is 18.5 Å². The monoisotopic (exact) mass is 258 g/mol. The van der Waals surface area contributed by atoms with Crippen LogP contribution in [0.5, 0.6) is 0 Å². The Hall–Kier alpha value is -1.69. The van der Waals surface area contributed by atoms with Gasteiger partial charge in [-0.05, 0) is 32.1 Å². The minimum Gasteiger partial charge on any atom is -0.338 e. The fourth-order valence-corrected chi connectivity index (χ4v) is 2.99. The van der Waals surface area contributed by atoms with Crippen molar-refractivity contribution in [1.82, 2.24) is 24.7 Å². The van der Waals surface area contributed by atoms with E-state index >= 15 is 0 Å². The van der Waals surface area contributed by atoms with E-state index in [2.05, 4.69) is 24.7 Å². The van der Waals surface area contributed by atoms with Gasteiger partial charge in [0.05, 0.1) is 11.7 Å². The molecule has 0 atom stereocenters. The van der Waals surface area contributed by atoms with Crippen LogP contribution in [0.3, 0.4) is 0 Å². The average Bonchev–Trinajstić information content (AvgIpc) is 3.02. The summed E-state index contributed by atoms with van der Waals surface area (Å²) in [6.45, 7) is 1.000. The van der Waals surface area contributed by atoms with Crippen molar-refractivity contribution in [2.45, 2.75) is 50.6 Å². The molecule has 1 fully saturated rings. The van der Waals surface area contributed by atoms with Crippen molar-refractivity contribution in [3.8, 4) is 11.5 Å². The quantitative estimate of drug-likeness (QED) is 0.851. The zero-order valence-corrected chi connectivity index (χ0v) is 10.9. The number of aromatic amines is 1. The van der Waals surface area contributed by atoms with Gasteiger partial charge in [0.25, 0.3) is 0 Å². The molecule has 2 aliphatic rings. The number of nitrogens with two attached hydrogens (primary N) is 1. The van der Waals surface area contributed by atoms with Crippen LogP contribution < -0.4 is 5.73 Å². The maximum atomic E-state index is 6.29. The standard InChI is InChI=1S/C13H18N6/c14-13(5-3-6-13)12-15-8-9(16-12)11-18-17-10-4-1-2-7-19(10)11/h8H,1-7,14H2,(H,15,16). The highest BCUT2D eigenvalue weighted by Gasteiger charge is 2.37. The normalized spacial score (nSPS) is 20.9. The second-order valence-electron chi connectivity index (χ2n) is 5.70. The van der Waals surface area contributed by atoms with Crippen molar-refractivity contribution >= 4 is 0 Å². The summed E-state index contributed by atoms with van der Waals surface area (Å²) in [5.74, 6) is 2.88. The Morgan fingerprint density at radius 2 is 2.11 bits per heavy atom. The van der Waals surface area contributed by atoms with Crippen LogP contribution >= 0.6 is 0 Å². The Bertz CT molecular complexity index is 606. The average molecular weight is 258 g/mol. The summed E-state index contributed by atoms with van der Waals surface area (Å²) in [5, 5.41) is 8.58. The van der Waals surface area contributed by atoms with Crippen molar-refractivity contribution in [2.24, 2.45) is 5.73 Å². The zero-order valence-electron chi connectivity index (χ0n) is 10.9. The molecule has 1 aliphatic carbocycles. The molecule has 6 heteroatoms. The molecule has 2 aromatic heterocycles. The highest BCUT2D eigenvalue weighted by Crippen LogP contribution is 2.37. The van der Waals surface area contributed by atoms with Gasteiger partial charge in [0.2, 0.25) is 0 Å². The predicted molar refractivity (Wildman–Crippen MR) is 70.3 cm³/mol. The number of aryl methyl sites for hydroxylation is 1. The largest absolute Gasteiger partial charge is 0.338 e. The molecule has 6 nitrogen and oxygen atoms in total. The topological polar surface area (TPSA) is 85.4 Å². The molecule has 19 heavy (non-hydrogen) atoms. The number of nitrogens with one attached hydrogen (secondary N) is 1. The molecule has 0 spiro atoms. The van der Waals surface area contributed by atoms with E-state index < -0.39 is 0 Å². The number of H-pyrrole nitrogens is 1. The predicted octanol–water partition coefficient (Wildman–Crippen LogP) is 1.34. The number of nitrogens with zero attached hydrogens (tertiary/aromatic N) is 4. The molecule has 1 saturated carbocycles. The number of imidazole rings is 1. The molecule has 0 saturated heterocycles. The molecule has 0 unspecified atom stereocenters. The van der Waals surface area contributed by atoms with Gasteiger partial charge in [-0.1, -0.05) is 0 Å². The maximum absolute atomic E-state index is 6.29. The molecule has 1 aliphatic heterocycles. The van der Waals surface area contributed by atoms with E-state index in [1.165, 1.54) is 19.3 Å². The van der Waals surface area contributed by atoms with Gasteiger partial charge in [0.15, 0.2) is 5.82 Å². The van der Waals surface area contributed by atoms with Gasteiger partial charge >= 0.3 is 0 Å². The first-order valence-corrected chi connectivity index (χ1v) is 7.03. The summed E-state index contributed by atoms with van der Waals surface area (Å²) in [5.41, 5.74) is 6.98. The first-order chi connectivity index (χ1) is 9.26. The van der Waals surface area contributed by atoms with E-state index in [4.69, 9.17) is 5.73 Å². The third-order valence-electron chi connectivity index (χ3n) is 4.39. The highest BCUT2D eigenvalue weighted by atomic mass is 15.3. The van der Waals surface area contributed by atoms with Crippen molar-refractivity contribution in [2.75, 3.05) is 0 Å². The Balaban J connectivity index is 1.71. The van der Waals surface area contributed by atoms with E-state index in [1.54, 1.807) is 0 Å². The van der Waals surface area contributed by atoms with Crippen molar-refractivity contribution in [1.29, 1.82) is 0 Å². The second-order valence-corrected chi connectivity index (χ2v) is 5.70. The molecule has 100 valence electrons. The summed E-state index contributed by atoms with van der Waals surface area (Å²) in [6, 6.07) is 0. The van der Waals surface area contributed by atoms with Gasteiger partial charge in [0, 0.05) is 13.0 Å². The fourth-order valence-electron chi connectivity index (χ4n) is 2.99. The van der Waals surface area contributed by atoms with Crippen molar-refractivity contribution in [3.05, 3.63) is 17.8 Å². The molecule has 4 rings (SSSR count). The summed E-state index contributed by atoms with van der Waals surface area (Å²) in [6.07, 6.45) is 8.48. The van der Waals surface area contributed by atoms with Crippen molar-refractivity contribution in [3.63, 3.8) is 0 Å². The van der Waals surface area contributed by atoms with Crippen LogP contribution in [0.1, 0.15) is 43.8 Å². The number of hydrogen-bond donors (Lipinski definition) is 2. The lowest BCUT2D eigenvalue weighted by Crippen LogP contribution is -2.44. The lowest BCUT2D eigenvalue weighted by molar-refractivity contribution is 0.240. The summed E-state index contributed by atoms with van der Waals surface area (Å²) in [4.78, 5) is 7.80. The third kappa shape index (κ3) is 1.63. The number of rotatable bonds is 2. The number of aromatic nitrogens is 5. The van der Waals surface area contributed by atoms with Crippen LogP contribution in [-0.4, -0.2) is 24.7 Å². The molecule has 0 aromatic carbocycles. The molecule has 0 bridgehead atoms. The molecule has 0 amide bonds. The second kappa shape index (κ2) is 3.90. The molecular weight excluding hydrogens is 240 g/mol. The molecule has 2 aromatic rings. The van der Waals surface area contributed by atoms with E-state index in [0.717, 1.165) is 49.0 Å². The van der Waals surface area contributed by atoms with Gasteiger partial charge in [0.1, 0.15) is 17.3 Å². The van der Waals surface area contributed by atoms with E-state index in [0.29, 0.717) is 0 Å². The number of fused-ring (bicyclic) bond motifs is 1. The summed E-state index contributed by atoms with van der Waals surface area (Å²) >= 11 is 0. The maximum Gasteiger partial charge on any atom is 0.182 e. The Kier molecular flexibility index (Phi) is 2.29. The first kappa shape index (κ1) is 11.2. The Labute approximate surface area is 111 Å². The van der Waals surface area contributed by atoms with Crippen LogP contribution in [0.15, 0.2) is 6.20 Å². The van der Waals surface area contributed by atoms with Crippen molar-refractivity contribution < 1.29 is 0 Å². The minimum atomic E-state index is -0.247. The molecule has 3 heterocycles. The van der Waals surface area contributed by atoms with Gasteiger partial charge in [-0.25, -0.2) is 4.98 Å². The lowest BCUT2D eigenvalue weighted by atomic mass is 9.77. The lowest BCUT2D eigenvalue weighted by Gasteiger charge is -2.35. The van der Waals surface area contributed by atoms with Crippen LogP contribution in [0.4, 0.5) is 0 Å². The SMILES string of the molecule is NC1(c2ncc(-c3nnc4n3CCCC4)[nH]2)CCC1. The molecule has 0 radical (unpaired) electrons. The highest BCUT2D eigenvalue weighted by molar-refractivity contribution is 5.49. The summed E-state index contributed by atoms with van der Waals surface area (Å²) in [7, 11) is 0. The van der Waals surface area contributed by atoms with Gasteiger partial charge < -0.3 is 15.3 Å². The van der Waals surface area contributed by atoms with Crippen LogP contribution in [0.2, 0.25) is 0 Å². The first-order valence-electron chi connectivity index (χ1n) is 7.03. The van der Waals surface area contributed by atoms with Gasteiger partial charge in [-0.2, -0.15) is 0 Å². The minimum absolute atomic E-state index is 0.247. The molecule has 3 N–H and O–H groups in total. The van der Waals surface area contributed by atoms with Crippen LogP contribution in [0.25, 0.3) is 11.5 Å². The van der Waals surface area contributed by atoms with E-state index in [-0.39, 0.29) is 5.54 Å². The van der Waals surface area contributed by atoms with E-state index in [1.807, 2.05) is 6.20 Å². The fraction of sp³-hybridized carbons (Fsp3) is 0.615. The van der Waals surface area contributed by atoms with Gasteiger partial charge in [-0.15, -0.1) is 10.2 Å². The summed E-state index contributed by atoms with van der Waals surface area (Å²) < 4.78 is 2.20. The number of hydrogen-bond acceptors (Lipinski definition) is 4. The Morgan fingerprint density at radius 1 is 1.21 bits per heavy atom. The molecular formula is C13H18N6. The smallest absolute Gasteiger partial charge is 0.182 e. The van der Waals surface area contributed by atoms with E-state index in [9.17, 15) is 0 Å².